The summed E-state index contributed by atoms with van der Waals surface area (Å²) in [5.74, 6) is 0.715. The molecule has 122 valence electrons. The second-order valence-electron chi connectivity index (χ2n) is 5.28. The van der Waals surface area contributed by atoms with Crippen molar-refractivity contribution in [3.63, 3.8) is 0 Å². The summed E-state index contributed by atoms with van der Waals surface area (Å²) in [6.45, 7) is 5.29. The number of aliphatic hydroxyl groups is 1. The predicted octanol–water partition coefficient (Wildman–Crippen LogP) is 3.26. The van der Waals surface area contributed by atoms with E-state index in [2.05, 4.69) is 0 Å². The first-order valence-corrected chi connectivity index (χ1v) is 7.82. The highest BCUT2D eigenvalue weighted by Crippen LogP contribution is 2.25. The van der Waals surface area contributed by atoms with E-state index in [1.54, 1.807) is 42.3 Å². The van der Waals surface area contributed by atoms with Crippen LogP contribution in [-0.4, -0.2) is 36.1 Å². The average molecular weight is 313 g/mol. The zero-order chi connectivity index (χ0) is 16.8. The maximum absolute atomic E-state index is 12.3. The van der Waals surface area contributed by atoms with E-state index in [9.17, 15) is 9.90 Å². The fourth-order valence-corrected chi connectivity index (χ4v) is 2.51. The van der Waals surface area contributed by atoms with Crippen molar-refractivity contribution in [2.45, 2.75) is 20.0 Å². The highest BCUT2D eigenvalue weighted by Gasteiger charge is 2.15. The van der Waals surface area contributed by atoms with Crippen molar-refractivity contribution in [2.75, 3.05) is 20.2 Å². The number of carbonyl (C=O) groups is 1. The van der Waals surface area contributed by atoms with Gasteiger partial charge in [0.05, 0.1) is 7.11 Å². The van der Waals surface area contributed by atoms with Gasteiger partial charge in [-0.2, -0.15) is 0 Å². The Balaban J connectivity index is 2.20. The van der Waals surface area contributed by atoms with Crippen LogP contribution < -0.4 is 4.74 Å². The summed E-state index contributed by atoms with van der Waals surface area (Å²) < 4.78 is 5.18. The summed E-state index contributed by atoms with van der Waals surface area (Å²) >= 11 is 0. The van der Waals surface area contributed by atoms with Gasteiger partial charge in [0.25, 0.3) is 5.91 Å². The van der Waals surface area contributed by atoms with Crippen LogP contribution in [0, 0.1) is 0 Å². The third-order valence-electron chi connectivity index (χ3n) is 3.93. The van der Waals surface area contributed by atoms with Crippen LogP contribution in [0.4, 0.5) is 0 Å². The van der Waals surface area contributed by atoms with E-state index in [-0.39, 0.29) is 5.91 Å². The van der Waals surface area contributed by atoms with Crippen molar-refractivity contribution >= 4 is 5.91 Å². The molecule has 0 saturated carbocycles. The van der Waals surface area contributed by atoms with Crippen LogP contribution in [0.25, 0.3) is 0 Å². The number of hydrogen-bond donors (Lipinski definition) is 1. The van der Waals surface area contributed by atoms with Gasteiger partial charge in [-0.3, -0.25) is 4.79 Å². The van der Waals surface area contributed by atoms with Crippen molar-refractivity contribution < 1.29 is 14.6 Å². The summed E-state index contributed by atoms with van der Waals surface area (Å²) in [6.07, 6.45) is -0.747. The lowest BCUT2D eigenvalue weighted by Crippen LogP contribution is -2.30. The lowest BCUT2D eigenvalue weighted by molar-refractivity contribution is 0.0773. The molecule has 1 atom stereocenters. The molecule has 0 bridgehead atoms. The van der Waals surface area contributed by atoms with Crippen LogP contribution in [0.2, 0.25) is 0 Å². The van der Waals surface area contributed by atoms with Gasteiger partial charge in [-0.1, -0.05) is 24.3 Å². The Kier molecular flexibility index (Phi) is 5.77. The molecule has 0 unspecified atom stereocenters. The molecule has 0 radical (unpaired) electrons. The largest absolute Gasteiger partial charge is 0.497 e. The van der Waals surface area contributed by atoms with E-state index in [1.807, 2.05) is 32.0 Å². The molecule has 2 aromatic rings. The van der Waals surface area contributed by atoms with Gasteiger partial charge in [0.2, 0.25) is 0 Å². The molecule has 0 aromatic heterocycles. The van der Waals surface area contributed by atoms with Gasteiger partial charge in [-0.05, 0) is 49.2 Å². The smallest absolute Gasteiger partial charge is 0.253 e. The summed E-state index contributed by atoms with van der Waals surface area (Å²) in [7, 11) is 1.60. The molecule has 4 heteroatoms. The molecule has 0 aliphatic carbocycles. The molecule has 1 N–H and O–H groups in total. The Morgan fingerprint density at radius 3 is 2.30 bits per heavy atom. The first-order valence-electron chi connectivity index (χ1n) is 7.82. The molecule has 0 aliphatic rings. The predicted molar refractivity (Wildman–Crippen MR) is 90.7 cm³/mol. The average Bonchev–Trinajstić information content (AvgIpc) is 2.62. The van der Waals surface area contributed by atoms with Crippen molar-refractivity contribution in [1.82, 2.24) is 4.90 Å². The van der Waals surface area contributed by atoms with Gasteiger partial charge in [-0.25, -0.2) is 0 Å². The van der Waals surface area contributed by atoms with Crippen LogP contribution in [0.5, 0.6) is 5.75 Å². The molecule has 0 spiro atoms. The van der Waals surface area contributed by atoms with E-state index >= 15 is 0 Å². The minimum atomic E-state index is -0.747. The number of hydrogen-bond acceptors (Lipinski definition) is 3. The Hall–Kier alpha value is -2.33. The van der Waals surface area contributed by atoms with Crippen molar-refractivity contribution in [2.24, 2.45) is 0 Å². The maximum atomic E-state index is 12.3. The van der Waals surface area contributed by atoms with Gasteiger partial charge >= 0.3 is 0 Å². The molecular formula is C19H23NO3. The van der Waals surface area contributed by atoms with Gasteiger partial charge in [0.1, 0.15) is 11.9 Å². The molecule has 0 saturated heterocycles. The number of aliphatic hydroxyl groups excluding tert-OH is 1. The van der Waals surface area contributed by atoms with Gasteiger partial charge in [-0.15, -0.1) is 0 Å². The molecule has 0 aliphatic heterocycles. The molecule has 1 amide bonds. The fraction of sp³-hybridized carbons (Fsp3) is 0.316. The lowest BCUT2D eigenvalue weighted by Gasteiger charge is -2.19. The fourth-order valence-electron chi connectivity index (χ4n) is 2.51. The molecule has 0 fully saturated rings. The third kappa shape index (κ3) is 3.90. The standard InChI is InChI=1S/C19H23NO3/c1-4-20(5-2)19(22)15-11-9-14(10-12-15)18(21)16-7-6-8-17(13-16)23-3/h6-13,18,21H,4-5H2,1-3H3/t18-/m0/s1. The quantitative estimate of drug-likeness (QED) is 0.890. The summed E-state index contributed by atoms with van der Waals surface area (Å²) in [4.78, 5) is 14.1. The van der Waals surface area contributed by atoms with Crippen molar-refractivity contribution in [1.29, 1.82) is 0 Å². The number of benzene rings is 2. The number of rotatable bonds is 6. The van der Waals surface area contributed by atoms with Crippen LogP contribution in [0.15, 0.2) is 48.5 Å². The van der Waals surface area contributed by atoms with Gasteiger partial charge < -0.3 is 14.7 Å². The molecular weight excluding hydrogens is 290 g/mol. The summed E-state index contributed by atoms with van der Waals surface area (Å²) in [5.41, 5.74) is 2.14. The Labute approximate surface area is 137 Å². The van der Waals surface area contributed by atoms with Crippen LogP contribution >= 0.6 is 0 Å². The zero-order valence-electron chi connectivity index (χ0n) is 13.8. The monoisotopic (exact) mass is 313 g/mol. The van der Waals surface area contributed by atoms with E-state index in [4.69, 9.17) is 4.74 Å². The number of ether oxygens (including phenoxy) is 1. The minimum absolute atomic E-state index is 0.0115. The van der Waals surface area contributed by atoms with E-state index in [1.165, 1.54) is 0 Å². The Morgan fingerprint density at radius 1 is 1.09 bits per heavy atom. The first-order chi connectivity index (χ1) is 11.1. The van der Waals surface area contributed by atoms with Crippen molar-refractivity contribution in [3.8, 4) is 5.75 Å². The van der Waals surface area contributed by atoms with E-state index in [0.717, 1.165) is 11.1 Å². The van der Waals surface area contributed by atoms with Gasteiger partial charge in [0.15, 0.2) is 0 Å². The second kappa shape index (κ2) is 7.79. The zero-order valence-corrected chi connectivity index (χ0v) is 13.8. The van der Waals surface area contributed by atoms with Gasteiger partial charge in [0, 0.05) is 18.7 Å². The number of methoxy groups -OCH3 is 1. The Bertz CT molecular complexity index is 648. The maximum Gasteiger partial charge on any atom is 0.253 e. The molecule has 23 heavy (non-hydrogen) atoms. The topological polar surface area (TPSA) is 49.8 Å². The number of carbonyl (C=O) groups excluding carboxylic acids is 1. The third-order valence-corrected chi connectivity index (χ3v) is 3.93. The second-order valence-corrected chi connectivity index (χ2v) is 5.28. The van der Waals surface area contributed by atoms with Crippen LogP contribution in [-0.2, 0) is 0 Å². The Morgan fingerprint density at radius 2 is 1.74 bits per heavy atom. The van der Waals surface area contributed by atoms with Crippen molar-refractivity contribution in [3.05, 3.63) is 65.2 Å². The lowest BCUT2D eigenvalue weighted by atomic mass is 10.00. The molecule has 0 heterocycles. The highest BCUT2D eigenvalue weighted by atomic mass is 16.5. The number of amides is 1. The minimum Gasteiger partial charge on any atom is -0.497 e. The number of nitrogens with zero attached hydrogens (tertiary/aromatic N) is 1. The molecule has 2 aromatic carbocycles. The van der Waals surface area contributed by atoms with Crippen LogP contribution in [0.3, 0.4) is 0 Å². The summed E-state index contributed by atoms with van der Waals surface area (Å²) in [6, 6.07) is 14.4. The van der Waals surface area contributed by atoms with E-state index < -0.39 is 6.10 Å². The molecule has 4 nitrogen and oxygen atoms in total. The van der Waals surface area contributed by atoms with Crippen LogP contribution in [0.1, 0.15) is 41.4 Å². The SMILES string of the molecule is CCN(CC)C(=O)c1ccc([C@H](O)c2cccc(OC)c2)cc1. The van der Waals surface area contributed by atoms with E-state index in [0.29, 0.717) is 24.4 Å². The highest BCUT2D eigenvalue weighted by molar-refractivity contribution is 5.94. The molecule has 2 rings (SSSR count). The normalized spacial score (nSPS) is 11.8. The first kappa shape index (κ1) is 17.0. The summed E-state index contributed by atoms with van der Waals surface area (Å²) in [5, 5.41) is 10.5.